The molecular weight excluding hydrogens is 456 g/mol. The number of amides is 2. The number of esters is 1. The van der Waals surface area contributed by atoms with Gasteiger partial charge in [0.1, 0.15) is 0 Å². The molecule has 1 aromatic heterocycles. The Balaban J connectivity index is 1.68. The third-order valence-corrected chi connectivity index (χ3v) is 7.52. The van der Waals surface area contributed by atoms with Gasteiger partial charge in [-0.15, -0.1) is 11.3 Å². The molecule has 0 spiro atoms. The smallest absolute Gasteiger partial charge is 0.311 e. The van der Waals surface area contributed by atoms with Gasteiger partial charge in [-0.05, 0) is 25.1 Å². The van der Waals surface area contributed by atoms with Crippen molar-refractivity contribution < 1.29 is 27.5 Å². The summed E-state index contributed by atoms with van der Waals surface area (Å²) in [6.45, 7) is 4.49. The quantitative estimate of drug-likeness (QED) is 0.593. The Hall–Kier alpha value is -2.83. The van der Waals surface area contributed by atoms with Crippen LogP contribution < -0.4 is 5.32 Å². The van der Waals surface area contributed by atoms with Gasteiger partial charge in [0.15, 0.2) is 5.13 Å². The van der Waals surface area contributed by atoms with Gasteiger partial charge >= 0.3 is 5.97 Å². The molecule has 0 aliphatic carbocycles. The van der Waals surface area contributed by atoms with Crippen LogP contribution in [0.1, 0.15) is 29.9 Å². The summed E-state index contributed by atoms with van der Waals surface area (Å²) >= 11 is 1.16. The molecular formula is C20H24N4O6S2. The molecule has 2 amide bonds. The van der Waals surface area contributed by atoms with E-state index in [1.807, 2.05) is 0 Å². The number of carbonyl (C=O) groups excluding carboxylic acids is 3. The molecule has 10 nitrogen and oxygen atoms in total. The number of hydrogen-bond acceptors (Lipinski definition) is 8. The van der Waals surface area contributed by atoms with Crippen LogP contribution in [0.15, 0.2) is 34.5 Å². The number of sulfonamides is 1. The lowest BCUT2D eigenvalue weighted by atomic mass is 10.2. The van der Waals surface area contributed by atoms with Crippen molar-refractivity contribution in [2.75, 3.05) is 38.1 Å². The highest BCUT2D eigenvalue weighted by Gasteiger charge is 2.29. The van der Waals surface area contributed by atoms with Gasteiger partial charge in [-0.2, -0.15) is 4.31 Å². The van der Waals surface area contributed by atoms with Crippen molar-refractivity contribution in [3.8, 4) is 0 Å². The van der Waals surface area contributed by atoms with Crippen LogP contribution in [0.4, 0.5) is 5.13 Å². The third kappa shape index (κ3) is 5.69. The summed E-state index contributed by atoms with van der Waals surface area (Å²) in [6.07, 6.45) is 0.00479. The predicted molar refractivity (Wildman–Crippen MR) is 118 cm³/mol. The number of carbonyl (C=O) groups is 3. The summed E-state index contributed by atoms with van der Waals surface area (Å²) in [7, 11) is -3.80. The van der Waals surface area contributed by atoms with E-state index in [1.165, 1.54) is 35.5 Å². The average Bonchev–Trinajstić information content (AvgIpc) is 3.20. The second-order valence-corrected chi connectivity index (χ2v) is 9.81. The minimum Gasteiger partial charge on any atom is -0.466 e. The second-order valence-electron chi connectivity index (χ2n) is 7.02. The normalized spacial score (nSPS) is 14.8. The van der Waals surface area contributed by atoms with E-state index in [0.717, 1.165) is 11.3 Å². The molecule has 0 unspecified atom stereocenters. The zero-order valence-electron chi connectivity index (χ0n) is 17.7. The summed E-state index contributed by atoms with van der Waals surface area (Å²) in [5.41, 5.74) is 0.639. The highest BCUT2D eigenvalue weighted by atomic mass is 32.2. The summed E-state index contributed by atoms with van der Waals surface area (Å²) in [4.78, 5) is 41.4. The van der Waals surface area contributed by atoms with Gasteiger partial charge in [0.2, 0.25) is 15.9 Å². The fraction of sp³-hybridized carbons (Fsp3) is 0.400. The van der Waals surface area contributed by atoms with Crippen LogP contribution >= 0.6 is 11.3 Å². The standard InChI is InChI=1S/C20H24N4O6S2/c1-3-30-18(26)12-16-13-31-20(21-16)22-19(27)15-5-4-6-17(11-15)32(28,29)24-9-7-23(8-10-24)14(2)25/h4-6,11,13H,3,7-10,12H2,1-2H3,(H,21,22,27). The first-order valence-electron chi connectivity index (χ1n) is 9.98. The first kappa shape index (κ1) is 23.8. The van der Waals surface area contributed by atoms with Gasteiger partial charge in [0.05, 0.1) is 23.6 Å². The number of nitrogens with one attached hydrogen (secondary N) is 1. The highest BCUT2D eigenvalue weighted by Crippen LogP contribution is 2.21. The van der Waals surface area contributed by atoms with Crippen molar-refractivity contribution in [3.63, 3.8) is 0 Å². The molecule has 1 aliphatic rings. The van der Waals surface area contributed by atoms with Crippen molar-refractivity contribution in [1.29, 1.82) is 0 Å². The van der Waals surface area contributed by atoms with Crippen LogP contribution in [0.25, 0.3) is 0 Å². The molecule has 0 atom stereocenters. The van der Waals surface area contributed by atoms with Gasteiger partial charge < -0.3 is 9.64 Å². The van der Waals surface area contributed by atoms with Crippen molar-refractivity contribution in [2.45, 2.75) is 25.2 Å². The Morgan fingerprint density at radius 3 is 2.56 bits per heavy atom. The van der Waals surface area contributed by atoms with Gasteiger partial charge in [-0.3, -0.25) is 19.7 Å². The SMILES string of the molecule is CCOC(=O)Cc1csc(NC(=O)c2cccc(S(=O)(=O)N3CCN(C(C)=O)CC3)c2)n1. The molecule has 2 heterocycles. The molecule has 1 fully saturated rings. The van der Waals surface area contributed by atoms with Gasteiger partial charge in [0.25, 0.3) is 5.91 Å². The number of thiazole rings is 1. The van der Waals surface area contributed by atoms with Crippen LogP contribution in [-0.2, 0) is 30.8 Å². The largest absolute Gasteiger partial charge is 0.466 e. The molecule has 1 saturated heterocycles. The monoisotopic (exact) mass is 480 g/mol. The van der Waals surface area contributed by atoms with Crippen LogP contribution in [0, 0.1) is 0 Å². The maximum atomic E-state index is 13.0. The molecule has 1 N–H and O–H groups in total. The molecule has 0 radical (unpaired) electrons. The molecule has 172 valence electrons. The lowest BCUT2D eigenvalue weighted by Gasteiger charge is -2.33. The molecule has 12 heteroatoms. The number of anilines is 1. The van der Waals surface area contributed by atoms with Crippen molar-refractivity contribution >= 4 is 44.3 Å². The summed E-state index contributed by atoms with van der Waals surface area (Å²) in [6, 6.07) is 5.76. The van der Waals surface area contributed by atoms with E-state index in [0.29, 0.717) is 23.9 Å². The average molecular weight is 481 g/mol. The van der Waals surface area contributed by atoms with E-state index in [9.17, 15) is 22.8 Å². The van der Waals surface area contributed by atoms with Crippen LogP contribution in [0.3, 0.4) is 0 Å². The predicted octanol–water partition coefficient (Wildman–Crippen LogP) is 1.35. The molecule has 3 rings (SSSR count). The number of hydrogen-bond donors (Lipinski definition) is 1. The fourth-order valence-corrected chi connectivity index (χ4v) is 5.34. The van der Waals surface area contributed by atoms with Crippen LogP contribution in [0.2, 0.25) is 0 Å². The molecule has 2 aromatic rings. The number of nitrogens with zero attached hydrogens (tertiary/aromatic N) is 3. The van der Waals surface area contributed by atoms with E-state index in [-0.39, 0.29) is 42.5 Å². The van der Waals surface area contributed by atoms with Crippen molar-refractivity contribution in [1.82, 2.24) is 14.2 Å². The minimum absolute atomic E-state index is 0.00330. The molecule has 0 bridgehead atoms. The van der Waals surface area contributed by atoms with E-state index < -0.39 is 21.9 Å². The Morgan fingerprint density at radius 2 is 1.91 bits per heavy atom. The number of benzene rings is 1. The Kier molecular flexibility index (Phi) is 7.59. The summed E-state index contributed by atoms with van der Waals surface area (Å²) in [5, 5.41) is 4.57. The maximum Gasteiger partial charge on any atom is 0.311 e. The van der Waals surface area contributed by atoms with E-state index >= 15 is 0 Å². The zero-order valence-corrected chi connectivity index (χ0v) is 19.4. The fourth-order valence-electron chi connectivity index (χ4n) is 3.16. The lowest BCUT2D eigenvalue weighted by Crippen LogP contribution is -2.49. The topological polar surface area (TPSA) is 126 Å². The lowest BCUT2D eigenvalue weighted by molar-refractivity contribution is -0.142. The Bertz CT molecular complexity index is 1110. The van der Waals surface area contributed by atoms with E-state index in [4.69, 9.17) is 4.74 Å². The summed E-state index contributed by atoms with van der Waals surface area (Å²) in [5.74, 6) is -1.01. The Morgan fingerprint density at radius 1 is 1.19 bits per heavy atom. The maximum absolute atomic E-state index is 13.0. The molecule has 32 heavy (non-hydrogen) atoms. The number of rotatable bonds is 7. The van der Waals surface area contributed by atoms with Crippen molar-refractivity contribution in [3.05, 3.63) is 40.9 Å². The molecule has 1 aromatic carbocycles. The molecule has 1 aliphatic heterocycles. The van der Waals surface area contributed by atoms with E-state index in [2.05, 4.69) is 10.3 Å². The molecule has 0 saturated carbocycles. The first-order chi connectivity index (χ1) is 15.2. The number of ether oxygens (including phenoxy) is 1. The first-order valence-corrected chi connectivity index (χ1v) is 12.3. The number of aromatic nitrogens is 1. The van der Waals surface area contributed by atoms with Gasteiger partial charge in [0, 0.05) is 44.0 Å². The van der Waals surface area contributed by atoms with Gasteiger partial charge in [-0.25, -0.2) is 13.4 Å². The van der Waals surface area contributed by atoms with Crippen LogP contribution in [-0.4, -0.2) is 73.2 Å². The number of piperazine rings is 1. The minimum atomic E-state index is -3.80. The highest BCUT2D eigenvalue weighted by molar-refractivity contribution is 7.89. The Labute approximate surface area is 190 Å². The summed E-state index contributed by atoms with van der Waals surface area (Å²) < 4.78 is 32.2. The third-order valence-electron chi connectivity index (χ3n) is 4.82. The van der Waals surface area contributed by atoms with Crippen molar-refractivity contribution in [2.24, 2.45) is 0 Å². The zero-order chi connectivity index (χ0) is 23.3. The van der Waals surface area contributed by atoms with Crippen LogP contribution in [0.5, 0.6) is 0 Å². The van der Waals surface area contributed by atoms with Gasteiger partial charge in [-0.1, -0.05) is 6.07 Å². The second kappa shape index (κ2) is 10.2. The van der Waals surface area contributed by atoms with E-state index in [1.54, 1.807) is 17.2 Å².